The average Bonchev–Trinajstić information content (AvgIpc) is 2.53. The molecule has 0 bridgehead atoms. The van der Waals surface area contributed by atoms with Crippen LogP contribution in [0.2, 0.25) is 0 Å². The summed E-state index contributed by atoms with van der Waals surface area (Å²) >= 11 is 0. The number of hydrogen-bond donors (Lipinski definition) is 2. The molecule has 0 aromatic carbocycles. The van der Waals surface area contributed by atoms with E-state index in [9.17, 15) is 27.2 Å². The summed E-state index contributed by atoms with van der Waals surface area (Å²) in [5.74, 6) is 1.58. The van der Waals surface area contributed by atoms with Crippen LogP contribution in [0.5, 0.6) is 0 Å². The van der Waals surface area contributed by atoms with Gasteiger partial charge < -0.3 is 10.6 Å². The van der Waals surface area contributed by atoms with E-state index in [2.05, 4.69) is 27.1 Å². The van der Waals surface area contributed by atoms with Gasteiger partial charge in [-0.05, 0) is 30.2 Å². The lowest BCUT2D eigenvalue weighted by Gasteiger charge is -2.09. The number of halogens is 4. The molecule has 0 aliphatic carbocycles. The Bertz CT molecular complexity index is 916. The smallest absolute Gasteiger partial charge is 0.316 e. The Morgan fingerprint density at radius 3 is 2.50 bits per heavy atom. The first-order valence-corrected chi connectivity index (χ1v) is 6.95. The Morgan fingerprint density at radius 1 is 1.12 bits per heavy atom. The largest absolute Gasteiger partial charge is 0.471 e. The molecule has 0 aliphatic rings. The summed E-state index contributed by atoms with van der Waals surface area (Å²) in [6.07, 6.45) is -3.77. The minimum absolute atomic E-state index is 0.210. The Hall–Kier alpha value is -3.48. The highest BCUT2D eigenvalue weighted by Gasteiger charge is 2.39. The number of rotatable bonds is 2. The van der Waals surface area contributed by atoms with Crippen LogP contribution in [-0.4, -0.2) is 28.0 Å². The summed E-state index contributed by atoms with van der Waals surface area (Å²) in [6.45, 7) is 1.28. The topological polar surface area (TPSA) is 84.0 Å². The molecule has 10 heteroatoms. The first-order valence-electron chi connectivity index (χ1n) is 6.95. The van der Waals surface area contributed by atoms with E-state index in [0.29, 0.717) is 5.56 Å². The lowest BCUT2D eigenvalue weighted by atomic mass is 10.2. The summed E-state index contributed by atoms with van der Waals surface area (Å²) in [5, 5.41) is 4.02. The predicted molar refractivity (Wildman–Crippen MR) is 83.4 cm³/mol. The second kappa shape index (κ2) is 7.60. The van der Waals surface area contributed by atoms with Gasteiger partial charge in [0.1, 0.15) is 11.5 Å². The first kappa shape index (κ1) is 18.9. The second-order valence-corrected chi connectivity index (χ2v) is 4.84. The van der Waals surface area contributed by atoms with Crippen LogP contribution in [0.3, 0.4) is 0 Å². The molecule has 2 amide bonds. The third-order valence-corrected chi connectivity index (χ3v) is 2.76. The Kier molecular flexibility index (Phi) is 5.51. The van der Waals surface area contributed by atoms with E-state index in [0.717, 1.165) is 12.1 Å². The quantitative estimate of drug-likeness (QED) is 0.486. The monoisotopic (exact) mass is 366 g/mol. The molecule has 6 nitrogen and oxygen atoms in total. The molecule has 0 saturated heterocycles. The van der Waals surface area contributed by atoms with Crippen molar-refractivity contribution >= 4 is 23.3 Å². The number of amides is 2. The van der Waals surface area contributed by atoms with Gasteiger partial charge in [0.05, 0.1) is 5.69 Å². The maximum Gasteiger partial charge on any atom is 0.471 e. The molecule has 0 radical (unpaired) electrons. The van der Waals surface area contributed by atoms with Crippen LogP contribution in [0.4, 0.5) is 29.1 Å². The van der Waals surface area contributed by atoms with Gasteiger partial charge in [0.25, 0.3) is 0 Å². The van der Waals surface area contributed by atoms with Crippen molar-refractivity contribution in [1.29, 1.82) is 0 Å². The lowest BCUT2D eigenvalue weighted by Crippen LogP contribution is -2.30. The van der Waals surface area contributed by atoms with Gasteiger partial charge in [-0.15, -0.1) is 0 Å². The summed E-state index contributed by atoms with van der Waals surface area (Å²) < 4.78 is 50.4. The zero-order valence-corrected chi connectivity index (χ0v) is 13.1. The number of nitrogens with one attached hydrogen (secondary N) is 2. The minimum atomic E-state index is -5.11. The van der Waals surface area contributed by atoms with E-state index in [4.69, 9.17) is 0 Å². The van der Waals surface area contributed by atoms with Gasteiger partial charge in [-0.1, -0.05) is 5.92 Å². The van der Waals surface area contributed by atoms with Gasteiger partial charge in [0.15, 0.2) is 0 Å². The fourth-order valence-corrected chi connectivity index (χ4v) is 1.71. The summed E-state index contributed by atoms with van der Waals surface area (Å²) in [7, 11) is 0. The van der Waals surface area contributed by atoms with Crippen molar-refractivity contribution in [1.82, 2.24) is 9.97 Å². The van der Waals surface area contributed by atoms with Crippen LogP contribution < -0.4 is 10.6 Å². The van der Waals surface area contributed by atoms with Gasteiger partial charge in [0, 0.05) is 18.7 Å². The van der Waals surface area contributed by atoms with E-state index in [-0.39, 0.29) is 17.4 Å². The maximum atomic E-state index is 13.3. The molecule has 0 fully saturated rings. The van der Waals surface area contributed by atoms with Gasteiger partial charge in [0.2, 0.25) is 11.9 Å². The molecule has 2 aromatic heterocycles. The van der Waals surface area contributed by atoms with E-state index < -0.39 is 23.7 Å². The highest BCUT2D eigenvalue weighted by atomic mass is 19.4. The molecule has 0 saturated carbocycles. The number of nitrogens with zero attached hydrogens (tertiary/aromatic N) is 2. The average molecular weight is 366 g/mol. The van der Waals surface area contributed by atoms with E-state index in [1.807, 2.05) is 0 Å². The Morgan fingerprint density at radius 2 is 1.85 bits per heavy atom. The van der Waals surface area contributed by atoms with Crippen molar-refractivity contribution in [3.63, 3.8) is 0 Å². The Balaban J connectivity index is 2.33. The Labute approximate surface area is 144 Å². The number of carbonyl (C=O) groups excluding carboxylic acids is 2. The third kappa shape index (κ3) is 5.27. The van der Waals surface area contributed by atoms with Crippen molar-refractivity contribution in [2.75, 3.05) is 10.6 Å². The van der Waals surface area contributed by atoms with Crippen LogP contribution in [-0.2, 0) is 9.59 Å². The van der Waals surface area contributed by atoms with E-state index >= 15 is 0 Å². The van der Waals surface area contributed by atoms with Crippen molar-refractivity contribution in [3.05, 3.63) is 47.7 Å². The molecule has 2 heterocycles. The van der Waals surface area contributed by atoms with Crippen molar-refractivity contribution in [3.8, 4) is 11.8 Å². The van der Waals surface area contributed by atoms with Crippen molar-refractivity contribution in [2.45, 2.75) is 13.1 Å². The fourth-order valence-electron chi connectivity index (χ4n) is 1.71. The van der Waals surface area contributed by atoms with E-state index in [1.165, 1.54) is 25.3 Å². The molecule has 0 unspecified atom stereocenters. The molecule has 2 rings (SSSR count). The SMILES string of the molecule is CC(=O)Nc1cc(C#Cc2nc(F)ccc2NC(=O)C(F)(F)F)ccn1. The fraction of sp³-hybridized carbons (Fsp3) is 0.125. The zero-order valence-electron chi connectivity index (χ0n) is 13.1. The van der Waals surface area contributed by atoms with Crippen LogP contribution >= 0.6 is 0 Å². The lowest BCUT2D eigenvalue weighted by molar-refractivity contribution is -0.167. The maximum absolute atomic E-state index is 13.3. The number of carbonyl (C=O) groups is 2. The van der Waals surface area contributed by atoms with Gasteiger partial charge in [-0.3, -0.25) is 9.59 Å². The molecule has 2 N–H and O–H groups in total. The van der Waals surface area contributed by atoms with Crippen LogP contribution in [0.1, 0.15) is 18.2 Å². The molecule has 26 heavy (non-hydrogen) atoms. The van der Waals surface area contributed by atoms with Crippen molar-refractivity contribution in [2.24, 2.45) is 0 Å². The van der Waals surface area contributed by atoms with Crippen molar-refractivity contribution < 1.29 is 27.2 Å². The first-order chi connectivity index (χ1) is 12.1. The highest BCUT2D eigenvalue weighted by Crippen LogP contribution is 2.20. The van der Waals surface area contributed by atoms with Gasteiger partial charge in [-0.25, -0.2) is 9.97 Å². The standard InChI is InChI=1S/C16H10F4N4O2/c1-9(25)22-14-8-10(6-7-21-14)2-3-11-12(4-5-13(17)23-11)24-15(26)16(18,19)20/h4-8H,1H3,(H,24,26)(H,21,22,25). The number of pyridine rings is 2. The second-order valence-electron chi connectivity index (χ2n) is 4.84. The van der Waals surface area contributed by atoms with E-state index in [1.54, 1.807) is 5.32 Å². The predicted octanol–water partition coefficient (Wildman–Crippen LogP) is 2.47. The molecule has 0 aliphatic heterocycles. The summed E-state index contributed by atoms with van der Waals surface area (Å²) in [6, 6.07) is 4.58. The van der Waals surface area contributed by atoms with Gasteiger partial charge in [-0.2, -0.15) is 17.6 Å². The normalized spacial score (nSPS) is 10.5. The molecular weight excluding hydrogens is 356 g/mol. The minimum Gasteiger partial charge on any atom is -0.316 e. The van der Waals surface area contributed by atoms with Crippen LogP contribution in [0.15, 0.2) is 30.5 Å². The van der Waals surface area contributed by atoms with Crippen LogP contribution in [0, 0.1) is 17.8 Å². The molecular formula is C16H10F4N4O2. The molecule has 134 valence electrons. The zero-order chi connectivity index (χ0) is 19.3. The summed E-state index contributed by atoms with van der Waals surface area (Å²) in [4.78, 5) is 29.3. The number of aromatic nitrogens is 2. The molecule has 0 spiro atoms. The third-order valence-electron chi connectivity index (χ3n) is 2.76. The van der Waals surface area contributed by atoms with Gasteiger partial charge >= 0.3 is 12.1 Å². The summed E-state index contributed by atoms with van der Waals surface area (Å²) in [5.41, 5.74) is -0.444. The molecule has 0 atom stereocenters. The van der Waals surface area contributed by atoms with Crippen LogP contribution in [0.25, 0.3) is 0 Å². The number of alkyl halides is 3. The highest BCUT2D eigenvalue weighted by molar-refractivity contribution is 5.95. The molecule has 2 aromatic rings. The number of anilines is 2. The number of hydrogen-bond acceptors (Lipinski definition) is 4.